The molecule has 7 heteroatoms. The number of amides is 1. The smallest absolute Gasteiger partial charge is 0.217 e. The maximum Gasteiger partial charge on any atom is 0.217 e. The number of rotatable bonds is 2. The lowest BCUT2D eigenvalue weighted by Gasteiger charge is -2.25. The molecule has 0 spiro atoms. The summed E-state index contributed by atoms with van der Waals surface area (Å²) in [6.07, 6.45) is -0.988. The first-order chi connectivity index (χ1) is 6.40. The van der Waals surface area contributed by atoms with Gasteiger partial charge in [0.1, 0.15) is 14.0 Å². The summed E-state index contributed by atoms with van der Waals surface area (Å²) >= 11 is 2.00. The predicted octanol–water partition coefficient (Wildman–Crippen LogP) is -1.53. The molecular weight excluding hydrogens is 298 g/mol. The van der Waals surface area contributed by atoms with Gasteiger partial charge in [-0.3, -0.25) is 4.79 Å². The van der Waals surface area contributed by atoms with Crippen LogP contribution in [0, 0.1) is 0 Å². The van der Waals surface area contributed by atoms with Gasteiger partial charge in [-0.2, -0.15) is 0 Å². The lowest BCUT2D eigenvalue weighted by Crippen LogP contribution is -2.55. The topological polar surface area (TPSA) is 84.6 Å². The summed E-state index contributed by atoms with van der Waals surface area (Å²) in [5.74, 6) is -0.272. The monoisotopic (exact) mass is 310 g/mol. The zero-order valence-electron chi connectivity index (χ0n) is 7.74. The van der Waals surface area contributed by atoms with E-state index < -0.39 is 23.9 Å². The van der Waals surface area contributed by atoms with E-state index in [0.717, 1.165) is 0 Å². The van der Waals surface area contributed by atoms with Crippen molar-refractivity contribution in [3.05, 3.63) is 0 Å². The van der Waals surface area contributed by atoms with E-state index in [0.29, 0.717) is 4.43 Å². The summed E-state index contributed by atoms with van der Waals surface area (Å²) in [5, 5.41) is 12.3. The number of carbonyl (C=O) groups is 1. The highest BCUT2D eigenvalue weighted by Crippen LogP contribution is 2.27. The van der Waals surface area contributed by atoms with E-state index in [1.54, 1.807) is 0 Å². The van der Waals surface area contributed by atoms with Gasteiger partial charge in [0.25, 0.3) is 0 Å². The Labute approximate surface area is 97.3 Å². The maximum atomic E-state index is 10.8. The summed E-state index contributed by atoms with van der Waals surface area (Å²) in [4.78, 5) is 10.8. The van der Waals surface area contributed by atoms with Gasteiger partial charge in [-0.25, -0.2) is 0 Å². The van der Waals surface area contributed by atoms with Crippen molar-refractivity contribution in [1.82, 2.24) is 5.32 Å². The molecule has 0 aromatic carbocycles. The van der Waals surface area contributed by atoms with Gasteiger partial charge in [-0.15, -0.1) is 0 Å². The molecule has 1 aliphatic rings. The normalized spacial score (nSPS) is 42.4. The third-order valence-corrected chi connectivity index (χ3v) is 3.32. The fraction of sp³-hybridized carbons (Fsp3) is 0.857. The Morgan fingerprint density at radius 3 is 2.79 bits per heavy atom. The lowest BCUT2D eigenvalue weighted by atomic mass is 9.90. The first-order valence-corrected chi connectivity index (χ1v) is 5.66. The van der Waals surface area contributed by atoms with Crippen molar-refractivity contribution in [2.45, 2.75) is 30.8 Å². The molecule has 2 radical (unpaired) electrons. The van der Waals surface area contributed by atoms with Crippen LogP contribution in [0.25, 0.3) is 0 Å². The van der Waals surface area contributed by atoms with Crippen LogP contribution in [0.15, 0.2) is 0 Å². The van der Waals surface area contributed by atoms with Gasteiger partial charge in [0, 0.05) is 17.4 Å². The zero-order valence-corrected chi connectivity index (χ0v) is 9.89. The summed E-state index contributed by atoms with van der Waals surface area (Å²) < 4.78 is 5.61. The molecule has 4 atom stereocenters. The molecule has 14 heavy (non-hydrogen) atoms. The fourth-order valence-corrected chi connectivity index (χ4v) is 2.02. The van der Waals surface area contributed by atoms with E-state index in [4.69, 9.17) is 18.3 Å². The molecule has 78 valence electrons. The lowest BCUT2D eigenvalue weighted by molar-refractivity contribution is -0.120. The van der Waals surface area contributed by atoms with Crippen molar-refractivity contribution < 1.29 is 14.6 Å². The van der Waals surface area contributed by atoms with E-state index in [1.165, 1.54) is 6.92 Å². The molecule has 5 nitrogen and oxygen atoms in total. The minimum Gasteiger partial charge on any atom is -0.386 e. The van der Waals surface area contributed by atoms with Gasteiger partial charge >= 0.3 is 0 Å². The largest absolute Gasteiger partial charge is 0.386 e. The first-order valence-electron chi connectivity index (χ1n) is 4.14. The van der Waals surface area contributed by atoms with Crippen molar-refractivity contribution in [3.8, 4) is 0 Å². The van der Waals surface area contributed by atoms with Gasteiger partial charge in [-0.05, 0) is 0 Å². The molecule has 0 bridgehead atoms. The van der Waals surface area contributed by atoms with E-state index in [2.05, 4.69) is 5.32 Å². The summed E-state index contributed by atoms with van der Waals surface area (Å²) in [6.45, 7) is 1.35. The molecule has 1 saturated heterocycles. The highest BCUT2D eigenvalue weighted by atomic mass is 127. The number of hydrogen-bond donors (Lipinski definition) is 3. The van der Waals surface area contributed by atoms with Gasteiger partial charge in [0.05, 0.1) is 6.04 Å². The summed E-state index contributed by atoms with van der Waals surface area (Å²) in [6, 6.07) is -1.42. The second-order valence-corrected chi connectivity index (χ2v) is 4.10. The second-order valence-electron chi connectivity index (χ2n) is 3.34. The Morgan fingerprint density at radius 1 is 1.86 bits per heavy atom. The van der Waals surface area contributed by atoms with Crippen LogP contribution in [0.4, 0.5) is 0 Å². The quantitative estimate of drug-likeness (QED) is 0.328. The van der Waals surface area contributed by atoms with Crippen LogP contribution in [-0.4, -0.2) is 47.2 Å². The minimum absolute atomic E-state index is 0.272. The molecule has 1 amide bonds. The summed E-state index contributed by atoms with van der Waals surface area (Å²) in [5.41, 5.74) is 4.57. The fourth-order valence-electron chi connectivity index (χ4n) is 1.39. The van der Waals surface area contributed by atoms with Crippen molar-refractivity contribution in [2.24, 2.45) is 5.73 Å². The van der Waals surface area contributed by atoms with E-state index in [1.807, 2.05) is 22.6 Å². The number of halogens is 1. The Kier molecular flexibility index (Phi) is 3.78. The van der Waals surface area contributed by atoms with Gasteiger partial charge in [0.15, 0.2) is 5.72 Å². The Hall–Kier alpha value is 0.145. The maximum absolute atomic E-state index is 10.8. The molecule has 4 N–H and O–H groups in total. The predicted molar refractivity (Wildman–Crippen MR) is 60.0 cm³/mol. The van der Waals surface area contributed by atoms with Crippen molar-refractivity contribution >= 4 is 36.3 Å². The molecule has 0 aliphatic carbocycles. The Bertz CT molecular complexity index is 243. The van der Waals surface area contributed by atoms with Crippen LogP contribution in [0.5, 0.6) is 0 Å². The first kappa shape index (κ1) is 12.2. The number of hydrogen-bond acceptors (Lipinski definition) is 4. The number of ether oxygens (including phenoxy) is 1. The van der Waals surface area contributed by atoms with Crippen LogP contribution in [-0.2, 0) is 9.53 Å². The molecule has 1 fully saturated rings. The van der Waals surface area contributed by atoms with Gasteiger partial charge < -0.3 is 20.9 Å². The number of nitrogens with two attached hydrogens (primary N) is 1. The molecule has 1 aliphatic heterocycles. The van der Waals surface area contributed by atoms with E-state index >= 15 is 0 Å². The van der Waals surface area contributed by atoms with Crippen LogP contribution < -0.4 is 11.1 Å². The van der Waals surface area contributed by atoms with Crippen molar-refractivity contribution in [3.63, 3.8) is 0 Å². The van der Waals surface area contributed by atoms with Gasteiger partial charge in [-0.1, -0.05) is 22.6 Å². The average Bonchev–Trinajstić information content (AvgIpc) is 2.30. The zero-order chi connectivity index (χ0) is 10.9. The van der Waals surface area contributed by atoms with Crippen molar-refractivity contribution in [2.75, 3.05) is 4.43 Å². The molecule has 2 unspecified atom stereocenters. The molecule has 1 rings (SSSR count). The average molecular weight is 310 g/mol. The third-order valence-electron chi connectivity index (χ3n) is 2.13. The minimum atomic E-state index is -1.17. The molecule has 0 saturated carbocycles. The molecule has 1 heterocycles. The Balaban J connectivity index is 2.74. The van der Waals surface area contributed by atoms with Crippen LogP contribution in [0.3, 0.4) is 0 Å². The summed E-state index contributed by atoms with van der Waals surface area (Å²) in [7, 11) is 5.59. The van der Waals surface area contributed by atoms with Crippen LogP contribution >= 0.6 is 22.6 Å². The molecule has 0 aromatic heterocycles. The highest BCUT2D eigenvalue weighted by molar-refractivity contribution is 14.1. The van der Waals surface area contributed by atoms with E-state index in [9.17, 15) is 9.90 Å². The van der Waals surface area contributed by atoms with Gasteiger partial charge in [0.2, 0.25) is 5.91 Å². The second kappa shape index (κ2) is 4.34. The Morgan fingerprint density at radius 2 is 2.43 bits per heavy atom. The number of carbonyl (C=O) groups excluding carboxylic acids is 1. The third kappa shape index (κ3) is 2.21. The number of nitrogens with one attached hydrogen (secondary N) is 1. The number of alkyl halides is 1. The number of aliphatic hydroxyl groups excluding tert-OH is 1. The standard InChI is InChI=1S/C7H12BIN2O3/c1-3(12)11-4-5(13)7(10,2-9)14-6(4)8/h4-6,13H,2,10H2,1H3,(H,11,12)/t4?,5?,6-,7-/m1/s1. The van der Waals surface area contributed by atoms with Crippen LogP contribution in [0.1, 0.15) is 6.92 Å². The van der Waals surface area contributed by atoms with E-state index in [-0.39, 0.29) is 5.91 Å². The van der Waals surface area contributed by atoms with Crippen molar-refractivity contribution in [1.29, 1.82) is 0 Å². The van der Waals surface area contributed by atoms with Crippen LogP contribution in [0.2, 0.25) is 0 Å². The molecular formula is C7H12BIN2O3. The molecule has 0 aromatic rings. The SMILES string of the molecule is [B][C@@H]1O[C@](N)(CI)C(O)C1NC(C)=O. The number of aliphatic hydroxyl groups is 1. The highest BCUT2D eigenvalue weighted by Gasteiger charge is 2.49.